The third kappa shape index (κ3) is 2.56. The second kappa shape index (κ2) is 5.11. The summed E-state index contributed by atoms with van der Waals surface area (Å²) in [7, 11) is 0. The van der Waals surface area contributed by atoms with E-state index in [1.165, 1.54) is 5.56 Å². The Balaban J connectivity index is 2.19. The average molecular weight is 247 g/mol. The molecule has 3 atom stereocenters. The summed E-state index contributed by atoms with van der Waals surface area (Å²) in [5, 5.41) is 9.06. The molecule has 0 amide bonds. The zero-order valence-electron chi connectivity index (χ0n) is 10.8. The first kappa shape index (κ1) is 13.1. The maximum absolute atomic E-state index is 11.0. The van der Waals surface area contributed by atoms with Gasteiger partial charge in [0.2, 0.25) is 0 Å². The molecular weight excluding hydrogens is 226 g/mol. The quantitative estimate of drug-likeness (QED) is 0.859. The Morgan fingerprint density at radius 2 is 2.06 bits per heavy atom. The number of hydrogen-bond acceptors (Lipinski definition) is 2. The second-order valence-electron chi connectivity index (χ2n) is 5.68. The largest absolute Gasteiger partial charge is 0.481 e. The highest BCUT2D eigenvalue weighted by molar-refractivity contribution is 5.68. The first-order valence-electron chi connectivity index (χ1n) is 6.53. The van der Waals surface area contributed by atoms with Crippen molar-refractivity contribution in [1.82, 2.24) is 0 Å². The lowest BCUT2D eigenvalue weighted by molar-refractivity contribution is -0.139. The molecule has 0 bridgehead atoms. The van der Waals surface area contributed by atoms with Gasteiger partial charge in [-0.2, -0.15) is 0 Å². The molecule has 0 aromatic heterocycles. The van der Waals surface area contributed by atoms with E-state index in [9.17, 15) is 4.79 Å². The summed E-state index contributed by atoms with van der Waals surface area (Å²) < 4.78 is 0. The zero-order valence-corrected chi connectivity index (χ0v) is 10.8. The van der Waals surface area contributed by atoms with Crippen LogP contribution in [0.1, 0.15) is 37.7 Å². The lowest BCUT2D eigenvalue weighted by Crippen LogP contribution is -2.30. The van der Waals surface area contributed by atoms with Gasteiger partial charge in [0.05, 0.1) is 6.42 Å². The van der Waals surface area contributed by atoms with Crippen molar-refractivity contribution in [2.75, 3.05) is 6.54 Å². The topological polar surface area (TPSA) is 63.3 Å². The van der Waals surface area contributed by atoms with Gasteiger partial charge in [0.15, 0.2) is 0 Å². The van der Waals surface area contributed by atoms with E-state index in [0.717, 1.165) is 12.8 Å². The minimum Gasteiger partial charge on any atom is -0.481 e. The van der Waals surface area contributed by atoms with Crippen LogP contribution >= 0.6 is 0 Å². The molecule has 1 aromatic carbocycles. The predicted octanol–water partition coefficient (Wildman–Crippen LogP) is 2.62. The van der Waals surface area contributed by atoms with Crippen molar-refractivity contribution in [3.63, 3.8) is 0 Å². The van der Waals surface area contributed by atoms with Crippen molar-refractivity contribution in [1.29, 1.82) is 0 Å². The molecule has 1 fully saturated rings. The minimum atomic E-state index is -0.735. The summed E-state index contributed by atoms with van der Waals surface area (Å²) in [6.07, 6.45) is 1.99. The molecule has 0 saturated heterocycles. The van der Waals surface area contributed by atoms with Crippen LogP contribution in [-0.2, 0) is 4.79 Å². The fourth-order valence-corrected chi connectivity index (χ4v) is 3.43. The number of rotatable bonds is 4. The molecule has 3 N–H and O–H groups in total. The van der Waals surface area contributed by atoms with E-state index < -0.39 is 5.97 Å². The maximum Gasteiger partial charge on any atom is 0.303 e. The second-order valence-corrected chi connectivity index (χ2v) is 5.68. The first-order chi connectivity index (χ1) is 8.56. The van der Waals surface area contributed by atoms with Gasteiger partial charge in [-0.3, -0.25) is 4.79 Å². The van der Waals surface area contributed by atoms with Gasteiger partial charge in [-0.25, -0.2) is 0 Å². The molecule has 1 aliphatic rings. The van der Waals surface area contributed by atoms with Gasteiger partial charge in [-0.15, -0.1) is 0 Å². The van der Waals surface area contributed by atoms with Crippen molar-refractivity contribution < 1.29 is 9.90 Å². The number of benzene rings is 1. The van der Waals surface area contributed by atoms with Crippen LogP contribution in [0.3, 0.4) is 0 Å². The van der Waals surface area contributed by atoms with E-state index >= 15 is 0 Å². The van der Waals surface area contributed by atoms with Gasteiger partial charge in [-0.1, -0.05) is 37.3 Å². The Morgan fingerprint density at radius 1 is 1.39 bits per heavy atom. The summed E-state index contributed by atoms with van der Waals surface area (Å²) >= 11 is 0. The third-order valence-electron chi connectivity index (χ3n) is 4.28. The normalized spacial score (nSPS) is 31.4. The van der Waals surface area contributed by atoms with Crippen LogP contribution < -0.4 is 5.73 Å². The Morgan fingerprint density at radius 3 is 2.61 bits per heavy atom. The first-order valence-corrected chi connectivity index (χ1v) is 6.53. The van der Waals surface area contributed by atoms with E-state index in [2.05, 4.69) is 19.1 Å². The fraction of sp³-hybridized carbons (Fsp3) is 0.533. The highest BCUT2D eigenvalue weighted by atomic mass is 16.4. The van der Waals surface area contributed by atoms with Crippen molar-refractivity contribution in [2.24, 2.45) is 17.1 Å². The van der Waals surface area contributed by atoms with Gasteiger partial charge < -0.3 is 10.8 Å². The number of carbonyl (C=O) groups is 1. The minimum absolute atomic E-state index is 0.192. The summed E-state index contributed by atoms with van der Waals surface area (Å²) in [6.45, 7) is 2.67. The molecule has 3 heteroatoms. The van der Waals surface area contributed by atoms with Gasteiger partial charge in [0.1, 0.15) is 0 Å². The lowest BCUT2D eigenvalue weighted by Gasteiger charge is -2.25. The molecule has 98 valence electrons. The van der Waals surface area contributed by atoms with E-state index in [1.54, 1.807) is 0 Å². The molecule has 0 spiro atoms. The van der Waals surface area contributed by atoms with Gasteiger partial charge in [0.25, 0.3) is 0 Å². The van der Waals surface area contributed by atoms with Crippen molar-refractivity contribution in [3.8, 4) is 0 Å². The maximum atomic E-state index is 11.0. The monoisotopic (exact) mass is 247 g/mol. The van der Waals surface area contributed by atoms with Crippen LogP contribution in [0, 0.1) is 11.3 Å². The van der Waals surface area contributed by atoms with Crippen molar-refractivity contribution in [2.45, 2.75) is 32.1 Å². The molecule has 0 aliphatic heterocycles. The Labute approximate surface area is 108 Å². The van der Waals surface area contributed by atoms with Crippen molar-refractivity contribution in [3.05, 3.63) is 35.9 Å². The van der Waals surface area contributed by atoms with Crippen LogP contribution in [0.4, 0.5) is 0 Å². The molecule has 3 nitrogen and oxygen atoms in total. The summed E-state index contributed by atoms with van der Waals surface area (Å²) in [5.74, 6) is 0.200. The third-order valence-corrected chi connectivity index (χ3v) is 4.28. The fourth-order valence-electron chi connectivity index (χ4n) is 3.43. The predicted molar refractivity (Wildman–Crippen MR) is 71.3 cm³/mol. The molecule has 2 rings (SSSR count). The smallest absolute Gasteiger partial charge is 0.303 e. The van der Waals surface area contributed by atoms with Crippen LogP contribution in [-0.4, -0.2) is 17.6 Å². The Bertz CT molecular complexity index is 418. The van der Waals surface area contributed by atoms with Crippen LogP contribution in [0.5, 0.6) is 0 Å². The number of carboxylic acid groups (broad SMARTS) is 1. The number of aliphatic carboxylic acids is 1. The van der Waals surface area contributed by atoms with Gasteiger partial charge >= 0.3 is 5.97 Å². The Kier molecular flexibility index (Phi) is 3.71. The van der Waals surface area contributed by atoms with Crippen LogP contribution in [0.2, 0.25) is 0 Å². The van der Waals surface area contributed by atoms with E-state index in [-0.39, 0.29) is 11.8 Å². The lowest BCUT2D eigenvalue weighted by atomic mass is 9.81. The number of carboxylic acids is 1. The number of hydrogen-bond donors (Lipinski definition) is 2. The van der Waals surface area contributed by atoms with E-state index in [4.69, 9.17) is 10.8 Å². The molecule has 18 heavy (non-hydrogen) atoms. The van der Waals surface area contributed by atoms with Gasteiger partial charge in [0, 0.05) is 0 Å². The highest BCUT2D eigenvalue weighted by Gasteiger charge is 2.44. The zero-order chi connectivity index (χ0) is 13.2. The highest BCUT2D eigenvalue weighted by Crippen LogP contribution is 2.51. The van der Waals surface area contributed by atoms with Crippen LogP contribution in [0.25, 0.3) is 0 Å². The summed E-state index contributed by atoms with van der Waals surface area (Å²) in [4.78, 5) is 11.0. The SMILES string of the molecule is CC1C[C@](CN)(CC(=O)O)CC1c1ccccc1. The summed E-state index contributed by atoms with van der Waals surface area (Å²) in [5.41, 5.74) is 6.95. The van der Waals surface area contributed by atoms with Crippen LogP contribution in [0.15, 0.2) is 30.3 Å². The van der Waals surface area contributed by atoms with E-state index in [0.29, 0.717) is 18.4 Å². The standard InChI is InChI=1S/C15H21NO2/c1-11-7-15(10-16,9-14(17)18)8-13(11)12-5-3-2-4-6-12/h2-6,11,13H,7-10,16H2,1H3,(H,17,18)/t11?,13?,15-/m1/s1. The summed E-state index contributed by atoms with van der Waals surface area (Å²) in [6, 6.07) is 10.4. The average Bonchev–Trinajstić information content (AvgIpc) is 2.67. The molecule has 1 saturated carbocycles. The molecule has 2 unspecified atom stereocenters. The number of nitrogens with two attached hydrogens (primary N) is 1. The van der Waals surface area contributed by atoms with E-state index in [1.807, 2.05) is 18.2 Å². The van der Waals surface area contributed by atoms with Crippen molar-refractivity contribution >= 4 is 5.97 Å². The molecule has 1 aliphatic carbocycles. The molecular formula is C15H21NO2. The molecule has 1 aromatic rings. The molecule has 0 heterocycles. The molecule has 0 radical (unpaired) electrons. The van der Waals surface area contributed by atoms with Gasteiger partial charge in [-0.05, 0) is 42.2 Å². The Hall–Kier alpha value is -1.35.